The number of aliphatic hydroxyl groups is 1. The first-order chi connectivity index (χ1) is 23.6. The predicted molar refractivity (Wildman–Crippen MR) is 159 cm³/mol. The van der Waals surface area contributed by atoms with Crippen LogP contribution in [0.1, 0.15) is 47.5 Å². The Morgan fingerprint density at radius 1 is 0.820 bits per heavy atom. The summed E-state index contributed by atoms with van der Waals surface area (Å²) < 4.78 is 37.9. The summed E-state index contributed by atoms with van der Waals surface area (Å²) >= 11 is 0. The maximum Gasteiger partial charge on any atom is 0.303 e. The second-order valence-corrected chi connectivity index (χ2v) is 10.8. The highest BCUT2D eigenvalue weighted by molar-refractivity contribution is 5.83. The topological polar surface area (TPSA) is 346 Å². The van der Waals surface area contributed by atoms with Gasteiger partial charge in [0.05, 0.1) is 18.2 Å². The van der Waals surface area contributed by atoms with Crippen LogP contribution in [0.5, 0.6) is 0 Å². The quantitative estimate of drug-likeness (QED) is 0.0776. The number of ether oxygens (including phenoxy) is 7. The third-order valence-electron chi connectivity index (χ3n) is 7.08. The van der Waals surface area contributed by atoms with Crippen molar-refractivity contribution in [3.8, 4) is 0 Å². The van der Waals surface area contributed by atoms with Gasteiger partial charge in [0.25, 0.3) is 5.91 Å². The van der Waals surface area contributed by atoms with Crippen molar-refractivity contribution in [2.75, 3.05) is 13.2 Å². The third kappa shape index (κ3) is 11.9. The van der Waals surface area contributed by atoms with Crippen LogP contribution in [-0.2, 0) is 61.9 Å². The summed E-state index contributed by atoms with van der Waals surface area (Å²) in [5, 5.41) is 24.6. The fraction of sp³-hybridized carbons (Fsp3) is 0.769. The fourth-order valence-electron chi connectivity index (χ4n) is 5.29. The normalized spacial score (nSPS) is 29.2. The lowest BCUT2D eigenvalue weighted by molar-refractivity contribution is -0.298. The van der Waals surface area contributed by atoms with Gasteiger partial charge in [-0.3, -0.25) is 28.8 Å². The molecule has 1 heterocycles. The molecule has 0 unspecified atom stereocenters. The first-order valence-corrected chi connectivity index (χ1v) is 14.8. The van der Waals surface area contributed by atoms with E-state index in [2.05, 4.69) is 35.4 Å². The average molecular weight is 713 g/mol. The largest absolute Gasteiger partial charge is 0.463 e. The van der Waals surface area contributed by atoms with Gasteiger partial charge in [-0.25, -0.2) is 0 Å². The van der Waals surface area contributed by atoms with Crippen LogP contribution in [0.2, 0.25) is 0 Å². The number of aliphatic hydroxyl groups excluding tert-OH is 1. The second-order valence-electron chi connectivity index (χ2n) is 10.8. The second kappa shape index (κ2) is 19.6. The number of nitrogens with one attached hydrogen (secondary N) is 1. The van der Waals surface area contributed by atoms with E-state index in [0.717, 1.165) is 34.6 Å². The summed E-state index contributed by atoms with van der Waals surface area (Å²) in [6, 6.07) is -4.33. The van der Waals surface area contributed by atoms with Crippen LogP contribution in [-0.4, -0.2) is 121 Å². The summed E-state index contributed by atoms with van der Waals surface area (Å²) in [5.41, 5.74) is 27.3. The SMILES string of the molecule is CC(=O)OC[C@H]1O[C@H](O[C@H]2[C@H](O)[C@@H](OC(C)=O)[C@H](NC(=O)[C@H](CCN=[N+]=[N-])OC(C)=O)C[C@@H]2N=[N+]=[N-])[C@H](N=[N+]=[N-])[C@@H](OC(C)=O)[C@@H]1OC(C)=O. The molecule has 0 radical (unpaired) electrons. The summed E-state index contributed by atoms with van der Waals surface area (Å²) in [5.74, 6) is -5.26. The number of hydrogen-bond donors (Lipinski definition) is 2. The Morgan fingerprint density at radius 3 is 1.96 bits per heavy atom. The zero-order valence-electron chi connectivity index (χ0n) is 27.5. The summed E-state index contributed by atoms with van der Waals surface area (Å²) in [6.45, 7) is 4.32. The number of nitrogens with zero attached hydrogens (tertiary/aromatic N) is 9. The molecule has 2 rings (SSSR count). The molecular weight excluding hydrogens is 676 g/mol. The van der Waals surface area contributed by atoms with Crippen LogP contribution in [0.4, 0.5) is 0 Å². The van der Waals surface area contributed by atoms with Crippen LogP contribution < -0.4 is 5.32 Å². The standard InChI is InChI=1S/C26H36N10O14/c1-10(37)44-9-18-23(47-13(4)40)24(48-14(5)41)19(33-36-29)26(49-18)50-22-16(32-35-28)8-15(21(20(22)42)46-12(3)39)31-25(43)17(45-11(2)38)6-7-30-34-27/h15-24,26,42H,6-9H2,1-5H3,(H,31,43)/t15-,16+,17+,18-,19-,20-,21+,22-,23-,24-,26-/m1/s1. The van der Waals surface area contributed by atoms with Gasteiger partial charge in [-0.2, -0.15) is 0 Å². The number of carbonyl (C=O) groups excluding carboxylic acids is 6. The highest BCUT2D eigenvalue weighted by atomic mass is 16.7. The number of esters is 5. The minimum absolute atomic E-state index is 0.235. The molecule has 24 heteroatoms. The lowest BCUT2D eigenvalue weighted by Crippen LogP contribution is -2.66. The lowest BCUT2D eigenvalue weighted by atomic mass is 9.83. The van der Waals surface area contributed by atoms with E-state index >= 15 is 0 Å². The van der Waals surface area contributed by atoms with Gasteiger partial charge in [0.1, 0.15) is 24.9 Å². The van der Waals surface area contributed by atoms with E-state index in [0.29, 0.717) is 0 Å². The molecule has 0 spiro atoms. The Morgan fingerprint density at radius 2 is 1.42 bits per heavy atom. The average Bonchev–Trinajstić information content (AvgIpc) is 3.01. The van der Waals surface area contributed by atoms with Crippen LogP contribution in [0.3, 0.4) is 0 Å². The van der Waals surface area contributed by atoms with E-state index < -0.39 is 110 Å². The maximum atomic E-state index is 13.2. The molecular formula is C26H36N10O14. The molecule has 24 nitrogen and oxygen atoms in total. The Balaban J connectivity index is 2.55. The van der Waals surface area contributed by atoms with Crippen molar-refractivity contribution >= 4 is 35.8 Å². The van der Waals surface area contributed by atoms with Gasteiger partial charge < -0.3 is 43.6 Å². The number of azide groups is 3. The zero-order chi connectivity index (χ0) is 37.5. The highest BCUT2D eigenvalue weighted by Crippen LogP contribution is 2.35. The van der Waals surface area contributed by atoms with Crippen LogP contribution in [0.25, 0.3) is 31.3 Å². The van der Waals surface area contributed by atoms with E-state index in [4.69, 9.17) is 38.7 Å². The summed E-state index contributed by atoms with van der Waals surface area (Å²) in [6.07, 6.45) is -13.6. The molecule has 50 heavy (non-hydrogen) atoms. The Bertz CT molecular complexity index is 1430. The minimum Gasteiger partial charge on any atom is -0.463 e. The van der Waals surface area contributed by atoms with Gasteiger partial charge >= 0.3 is 29.8 Å². The first-order valence-electron chi connectivity index (χ1n) is 14.8. The van der Waals surface area contributed by atoms with Crippen LogP contribution in [0, 0.1) is 0 Å². The van der Waals surface area contributed by atoms with E-state index in [1.54, 1.807) is 0 Å². The molecule has 0 aromatic heterocycles. The van der Waals surface area contributed by atoms with Gasteiger partial charge in [-0.05, 0) is 29.4 Å². The van der Waals surface area contributed by atoms with Crippen molar-refractivity contribution in [2.45, 2.75) is 115 Å². The molecule has 274 valence electrons. The minimum atomic E-state index is -1.93. The number of amides is 1. The highest BCUT2D eigenvalue weighted by Gasteiger charge is 2.54. The summed E-state index contributed by atoms with van der Waals surface area (Å²) in [7, 11) is 0. The fourth-order valence-corrected chi connectivity index (χ4v) is 5.29. The van der Waals surface area contributed by atoms with Crippen molar-refractivity contribution < 1.29 is 67.0 Å². The van der Waals surface area contributed by atoms with E-state index in [-0.39, 0.29) is 19.4 Å². The molecule has 1 saturated carbocycles. The molecule has 0 aromatic carbocycles. The molecule has 2 aliphatic rings. The molecule has 1 aliphatic carbocycles. The third-order valence-corrected chi connectivity index (χ3v) is 7.08. The van der Waals surface area contributed by atoms with Crippen molar-refractivity contribution in [3.63, 3.8) is 0 Å². The molecule has 0 aromatic rings. The van der Waals surface area contributed by atoms with Crippen LogP contribution in [0.15, 0.2) is 15.3 Å². The van der Waals surface area contributed by atoms with Crippen molar-refractivity contribution in [1.29, 1.82) is 0 Å². The van der Waals surface area contributed by atoms with Crippen LogP contribution >= 0.6 is 0 Å². The molecule has 2 N–H and O–H groups in total. The van der Waals surface area contributed by atoms with Gasteiger partial charge in [-0.15, -0.1) is 0 Å². The maximum absolute atomic E-state index is 13.2. The van der Waals surface area contributed by atoms with E-state index in [1.807, 2.05) is 0 Å². The predicted octanol–water partition coefficient (Wildman–Crippen LogP) is 0.694. The molecule has 1 saturated heterocycles. The Labute approximate surface area is 282 Å². The number of carbonyl (C=O) groups is 6. The van der Waals surface area contributed by atoms with Gasteiger partial charge in [-0.1, -0.05) is 15.3 Å². The van der Waals surface area contributed by atoms with Gasteiger partial charge in [0.2, 0.25) is 0 Å². The van der Waals surface area contributed by atoms with Gasteiger partial charge in [0, 0.05) is 55.9 Å². The summed E-state index contributed by atoms with van der Waals surface area (Å²) in [4.78, 5) is 80.7. The molecule has 2 fully saturated rings. The van der Waals surface area contributed by atoms with Crippen molar-refractivity contribution in [1.82, 2.24) is 5.32 Å². The van der Waals surface area contributed by atoms with Gasteiger partial charge in [0.15, 0.2) is 30.7 Å². The Kier molecular flexibility index (Phi) is 16.0. The first kappa shape index (κ1) is 40.8. The van der Waals surface area contributed by atoms with Crippen molar-refractivity contribution in [3.05, 3.63) is 31.3 Å². The molecule has 1 aliphatic heterocycles. The molecule has 0 bridgehead atoms. The lowest BCUT2D eigenvalue weighted by Gasteiger charge is -2.47. The number of hydrogen-bond acceptors (Lipinski definition) is 17. The monoisotopic (exact) mass is 712 g/mol. The Hall–Kier alpha value is -5.37. The van der Waals surface area contributed by atoms with E-state index in [9.17, 15) is 44.9 Å². The van der Waals surface area contributed by atoms with Crippen molar-refractivity contribution in [2.24, 2.45) is 15.3 Å². The molecule has 1 amide bonds. The number of rotatable bonds is 15. The molecule has 11 atom stereocenters. The smallest absolute Gasteiger partial charge is 0.303 e. The zero-order valence-corrected chi connectivity index (χ0v) is 27.5. The van der Waals surface area contributed by atoms with E-state index in [1.165, 1.54) is 0 Å².